The molecule has 0 N–H and O–H groups in total. The van der Waals surface area contributed by atoms with Crippen molar-refractivity contribution in [1.82, 2.24) is 0 Å². The Labute approximate surface area is 379 Å². The number of carbonyl (C=O) groups is 3. The summed E-state index contributed by atoms with van der Waals surface area (Å²) >= 11 is 0. The van der Waals surface area contributed by atoms with Crippen LogP contribution in [0.4, 0.5) is 0 Å². The van der Waals surface area contributed by atoms with Crippen LogP contribution >= 0.6 is 0 Å². The van der Waals surface area contributed by atoms with Crippen molar-refractivity contribution < 1.29 is 28.6 Å². The van der Waals surface area contributed by atoms with E-state index < -0.39 is 6.10 Å². The summed E-state index contributed by atoms with van der Waals surface area (Å²) in [6.45, 7) is 6.58. The molecule has 0 heterocycles. The third-order valence-corrected chi connectivity index (χ3v) is 11.9. The van der Waals surface area contributed by atoms with Crippen molar-refractivity contribution in [2.75, 3.05) is 13.2 Å². The number of unbranched alkanes of at least 4 members (excludes halogenated alkanes) is 34. The summed E-state index contributed by atoms with van der Waals surface area (Å²) in [5.74, 6) is -0.873. The standard InChI is InChI=1S/C55H102O6/c1-4-7-10-13-16-19-22-23-24-25-26-27-28-29-30-31-32-33-34-37-39-42-45-48-54(57)60-51-52(61-55(58)49-46-43-40-36-21-18-15-12-9-6-3)50-59-53(56)47-44-41-38-35-20-17-14-11-8-5-2/h12,15,25-26,52H,4-11,13-14,16-24,27-51H2,1-3H3/b15-12-,26-25-. The topological polar surface area (TPSA) is 78.9 Å². The van der Waals surface area contributed by atoms with Crippen LogP contribution in [-0.2, 0) is 28.6 Å². The van der Waals surface area contributed by atoms with Crippen molar-refractivity contribution in [1.29, 1.82) is 0 Å². The van der Waals surface area contributed by atoms with Gasteiger partial charge in [-0.3, -0.25) is 14.4 Å². The average Bonchev–Trinajstić information content (AvgIpc) is 3.26. The van der Waals surface area contributed by atoms with Crippen molar-refractivity contribution in [3.63, 3.8) is 0 Å². The largest absolute Gasteiger partial charge is 0.462 e. The highest BCUT2D eigenvalue weighted by molar-refractivity contribution is 5.71. The predicted octanol–water partition coefficient (Wildman–Crippen LogP) is 17.5. The van der Waals surface area contributed by atoms with Crippen LogP contribution in [-0.4, -0.2) is 37.2 Å². The van der Waals surface area contributed by atoms with Gasteiger partial charge in [-0.25, -0.2) is 0 Å². The van der Waals surface area contributed by atoms with E-state index in [1.54, 1.807) is 0 Å². The van der Waals surface area contributed by atoms with Gasteiger partial charge in [0.2, 0.25) is 0 Å². The summed E-state index contributed by atoms with van der Waals surface area (Å²) in [6, 6.07) is 0. The third-order valence-electron chi connectivity index (χ3n) is 11.9. The maximum atomic E-state index is 12.7. The minimum absolute atomic E-state index is 0.0715. The van der Waals surface area contributed by atoms with E-state index in [0.717, 1.165) is 77.0 Å². The summed E-state index contributed by atoms with van der Waals surface area (Å²) in [5.41, 5.74) is 0. The van der Waals surface area contributed by atoms with E-state index in [1.165, 1.54) is 173 Å². The van der Waals surface area contributed by atoms with Crippen molar-refractivity contribution in [2.45, 2.75) is 297 Å². The van der Waals surface area contributed by atoms with Gasteiger partial charge < -0.3 is 14.2 Å². The number of hydrogen-bond acceptors (Lipinski definition) is 6. The first-order chi connectivity index (χ1) is 30.0. The molecule has 0 saturated heterocycles. The first-order valence-electron chi connectivity index (χ1n) is 26.8. The Morgan fingerprint density at radius 1 is 0.311 bits per heavy atom. The highest BCUT2D eigenvalue weighted by atomic mass is 16.6. The van der Waals surface area contributed by atoms with Crippen LogP contribution in [0.3, 0.4) is 0 Å². The van der Waals surface area contributed by atoms with Gasteiger partial charge in [-0.15, -0.1) is 0 Å². The van der Waals surface area contributed by atoms with Gasteiger partial charge in [-0.1, -0.05) is 231 Å². The normalized spacial score (nSPS) is 12.1. The molecule has 6 heteroatoms. The second kappa shape index (κ2) is 50.5. The lowest BCUT2D eigenvalue weighted by Crippen LogP contribution is -2.30. The molecule has 61 heavy (non-hydrogen) atoms. The Kier molecular flexibility index (Phi) is 48.8. The van der Waals surface area contributed by atoms with Gasteiger partial charge >= 0.3 is 17.9 Å². The van der Waals surface area contributed by atoms with Gasteiger partial charge in [0.25, 0.3) is 0 Å². The molecule has 0 aliphatic heterocycles. The lowest BCUT2D eigenvalue weighted by molar-refractivity contribution is -0.167. The van der Waals surface area contributed by atoms with Crippen molar-refractivity contribution in [3.05, 3.63) is 24.3 Å². The summed E-state index contributed by atoms with van der Waals surface area (Å²) in [4.78, 5) is 37.8. The molecule has 6 nitrogen and oxygen atoms in total. The fraction of sp³-hybridized carbons (Fsp3) is 0.873. The van der Waals surface area contributed by atoms with Gasteiger partial charge in [0.1, 0.15) is 13.2 Å². The van der Waals surface area contributed by atoms with Crippen LogP contribution in [0.1, 0.15) is 290 Å². The van der Waals surface area contributed by atoms with Crippen molar-refractivity contribution in [3.8, 4) is 0 Å². The molecule has 0 aliphatic carbocycles. The van der Waals surface area contributed by atoms with Gasteiger partial charge in [-0.05, 0) is 64.2 Å². The van der Waals surface area contributed by atoms with Crippen LogP contribution in [0, 0.1) is 0 Å². The van der Waals surface area contributed by atoms with Crippen LogP contribution in [0.25, 0.3) is 0 Å². The Hall–Kier alpha value is -2.11. The summed E-state index contributed by atoms with van der Waals surface area (Å²) in [5, 5.41) is 0. The van der Waals surface area contributed by atoms with E-state index in [9.17, 15) is 14.4 Å². The first-order valence-corrected chi connectivity index (χ1v) is 26.8. The quantitative estimate of drug-likeness (QED) is 0.0262. The molecule has 0 aromatic rings. The molecule has 0 radical (unpaired) electrons. The third kappa shape index (κ3) is 48.8. The van der Waals surface area contributed by atoms with Gasteiger partial charge in [0.15, 0.2) is 6.10 Å². The van der Waals surface area contributed by atoms with Gasteiger partial charge in [-0.2, -0.15) is 0 Å². The first kappa shape index (κ1) is 58.9. The van der Waals surface area contributed by atoms with Gasteiger partial charge in [0, 0.05) is 19.3 Å². The molecular formula is C55H102O6. The number of allylic oxidation sites excluding steroid dienone is 4. The zero-order valence-electron chi connectivity index (χ0n) is 40.9. The Balaban J connectivity index is 4.15. The van der Waals surface area contributed by atoms with E-state index in [0.29, 0.717) is 19.3 Å². The molecule has 0 rings (SSSR count). The minimum atomic E-state index is -0.769. The molecule has 1 atom stereocenters. The van der Waals surface area contributed by atoms with Gasteiger partial charge in [0.05, 0.1) is 0 Å². The van der Waals surface area contributed by atoms with Crippen molar-refractivity contribution in [2.24, 2.45) is 0 Å². The highest BCUT2D eigenvalue weighted by Gasteiger charge is 2.19. The molecule has 0 aliphatic rings. The fourth-order valence-electron chi connectivity index (χ4n) is 7.85. The number of carbonyl (C=O) groups excluding carboxylic acids is 3. The van der Waals surface area contributed by atoms with E-state index >= 15 is 0 Å². The zero-order valence-corrected chi connectivity index (χ0v) is 40.9. The number of ether oxygens (including phenoxy) is 3. The van der Waals surface area contributed by atoms with E-state index in [4.69, 9.17) is 14.2 Å². The van der Waals surface area contributed by atoms with Crippen LogP contribution < -0.4 is 0 Å². The Morgan fingerprint density at radius 2 is 0.574 bits per heavy atom. The molecular weight excluding hydrogens is 757 g/mol. The second-order valence-electron chi connectivity index (χ2n) is 18.1. The van der Waals surface area contributed by atoms with Crippen LogP contribution in [0.5, 0.6) is 0 Å². The second-order valence-corrected chi connectivity index (χ2v) is 18.1. The predicted molar refractivity (Wildman–Crippen MR) is 261 cm³/mol. The Bertz CT molecular complexity index is 989. The summed E-state index contributed by atoms with van der Waals surface area (Å²) in [7, 11) is 0. The van der Waals surface area contributed by atoms with E-state index in [2.05, 4.69) is 45.1 Å². The number of rotatable bonds is 49. The maximum Gasteiger partial charge on any atom is 0.306 e. The molecule has 0 spiro atoms. The molecule has 358 valence electrons. The highest BCUT2D eigenvalue weighted by Crippen LogP contribution is 2.16. The lowest BCUT2D eigenvalue weighted by Gasteiger charge is -2.18. The van der Waals surface area contributed by atoms with Crippen LogP contribution in [0.2, 0.25) is 0 Å². The molecule has 0 aromatic carbocycles. The fourth-order valence-corrected chi connectivity index (χ4v) is 7.85. The van der Waals surface area contributed by atoms with E-state index in [-0.39, 0.29) is 31.1 Å². The molecule has 0 bridgehead atoms. The number of hydrogen-bond donors (Lipinski definition) is 0. The molecule has 0 saturated carbocycles. The molecule has 0 amide bonds. The maximum absolute atomic E-state index is 12.7. The zero-order chi connectivity index (χ0) is 44.4. The summed E-state index contributed by atoms with van der Waals surface area (Å²) < 4.78 is 16.8. The SMILES string of the molecule is CCC/C=C\CCCCCCCC(=O)OC(COC(=O)CCCCCCCCCCCC)COC(=O)CCCCCCCCCCCCC/C=C\CCCCCCCCCC. The lowest BCUT2D eigenvalue weighted by atomic mass is 10.0. The molecule has 0 fully saturated rings. The van der Waals surface area contributed by atoms with Crippen LogP contribution in [0.15, 0.2) is 24.3 Å². The molecule has 1 unspecified atom stereocenters. The monoisotopic (exact) mass is 859 g/mol. The molecule has 0 aromatic heterocycles. The minimum Gasteiger partial charge on any atom is -0.462 e. The number of esters is 3. The average molecular weight is 859 g/mol. The van der Waals surface area contributed by atoms with Crippen molar-refractivity contribution >= 4 is 17.9 Å². The Morgan fingerprint density at radius 3 is 0.885 bits per heavy atom. The van der Waals surface area contributed by atoms with E-state index in [1.807, 2.05) is 0 Å². The summed E-state index contributed by atoms with van der Waals surface area (Å²) in [6.07, 6.45) is 57.5. The smallest absolute Gasteiger partial charge is 0.306 e.